The third kappa shape index (κ3) is 1.99. The number of carbonyl (C=O) groups excluding carboxylic acids is 1. The first-order chi connectivity index (χ1) is 7.61. The number of nitrogens with zero attached hydrogens (tertiary/aromatic N) is 1. The molecule has 1 fully saturated rings. The molecule has 5 heteroatoms. The lowest BCUT2D eigenvalue weighted by Crippen LogP contribution is -2.26. The van der Waals surface area contributed by atoms with Crippen LogP contribution < -0.4 is 16.4 Å². The highest BCUT2D eigenvalue weighted by Gasteiger charge is 2.30. The predicted molar refractivity (Wildman–Crippen MR) is 65.4 cm³/mol. The van der Waals surface area contributed by atoms with Gasteiger partial charge in [-0.2, -0.15) is 0 Å². The molecule has 0 radical (unpaired) electrons. The van der Waals surface area contributed by atoms with Gasteiger partial charge in [-0.1, -0.05) is 11.6 Å². The first kappa shape index (κ1) is 11.2. The number of halogens is 1. The fourth-order valence-electron chi connectivity index (χ4n) is 1.92. The molecule has 0 spiro atoms. The summed E-state index contributed by atoms with van der Waals surface area (Å²) in [7, 11) is 0. The Balaban J connectivity index is 2.30. The SMILES string of the molecule is NCC1CC(=O)N(c2cc(Cl)ccc2N)C1. The van der Waals surface area contributed by atoms with Crippen LogP contribution in [0.25, 0.3) is 0 Å². The maximum Gasteiger partial charge on any atom is 0.227 e. The lowest BCUT2D eigenvalue weighted by Gasteiger charge is -2.18. The summed E-state index contributed by atoms with van der Waals surface area (Å²) in [4.78, 5) is 13.4. The van der Waals surface area contributed by atoms with Crippen molar-refractivity contribution in [2.24, 2.45) is 11.7 Å². The van der Waals surface area contributed by atoms with Gasteiger partial charge in [0.05, 0.1) is 11.4 Å². The van der Waals surface area contributed by atoms with E-state index in [9.17, 15) is 4.79 Å². The Kier molecular flexibility index (Phi) is 3.03. The number of rotatable bonds is 2. The number of anilines is 2. The van der Waals surface area contributed by atoms with Crippen LogP contribution in [-0.2, 0) is 4.79 Å². The van der Waals surface area contributed by atoms with Crippen LogP contribution in [0, 0.1) is 5.92 Å². The molecule has 1 unspecified atom stereocenters. The standard InChI is InChI=1S/C11H14ClN3O/c12-8-1-2-9(14)10(4-8)15-6-7(5-13)3-11(15)16/h1-2,4,7H,3,5-6,13-14H2. The summed E-state index contributed by atoms with van der Waals surface area (Å²) >= 11 is 5.90. The molecule has 1 aliphatic rings. The van der Waals surface area contributed by atoms with Crippen molar-refractivity contribution in [1.82, 2.24) is 0 Å². The largest absolute Gasteiger partial charge is 0.397 e. The van der Waals surface area contributed by atoms with Crippen molar-refractivity contribution in [1.29, 1.82) is 0 Å². The topological polar surface area (TPSA) is 72.4 Å². The van der Waals surface area contributed by atoms with Gasteiger partial charge < -0.3 is 16.4 Å². The molecule has 0 saturated carbocycles. The molecule has 4 nitrogen and oxygen atoms in total. The first-order valence-corrected chi connectivity index (χ1v) is 5.55. The smallest absolute Gasteiger partial charge is 0.227 e. The van der Waals surface area contributed by atoms with Crippen LogP contribution in [0.15, 0.2) is 18.2 Å². The molecule has 16 heavy (non-hydrogen) atoms. The molecule has 1 atom stereocenters. The quantitative estimate of drug-likeness (QED) is 0.763. The highest BCUT2D eigenvalue weighted by Crippen LogP contribution is 2.31. The van der Waals surface area contributed by atoms with Gasteiger partial charge in [0.2, 0.25) is 5.91 Å². The fourth-order valence-corrected chi connectivity index (χ4v) is 2.09. The van der Waals surface area contributed by atoms with Crippen molar-refractivity contribution in [3.63, 3.8) is 0 Å². The lowest BCUT2D eigenvalue weighted by molar-refractivity contribution is -0.117. The Labute approximate surface area is 99.2 Å². The highest BCUT2D eigenvalue weighted by atomic mass is 35.5. The summed E-state index contributed by atoms with van der Waals surface area (Å²) in [5.74, 6) is 0.273. The third-order valence-electron chi connectivity index (χ3n) is 2.82. The van der Waals surface area contributed by atoms with E-state index < -0.39 is 0 Å². The molecule has 1 aromatic rings. The molecule has 0 aliphatic carbocycles. The lowest BCUT2D eigenvalue weighted by atomic mass is 10.1. The van der Waals surface area contributed by atoms with E-state index in [2.05, 4.69) is 0 Å². The zero-order chi connectivity index (χ0) is 11.7. The van der Waals surface area contributed by atoms with Gasteiger partial charge in [0.1, 0.15) is 0 Å². The molecule has 86 valence electrons. The number of nitrogens with two attached hydrogens (primary N) is 2. The van der Waals surface area contributed by atoms with Gasteiger partial charge in [-0.05, 0) is 30.7 Å². The van der Waals surface area contributed by atoms with Crippen LogP contribution in [0.5, 0.6) is 0 Å². The van der Waals surface area contributed by atoms with Crippen molar-refractivity contribution in [3.8, 4) is 0 Å². The Bertz CT molecular complexity index is 422. The van der Waals surface area contributed by atoms with E-state index >= 15 is 0 Å². The van der Waals surface area contributed by atoms with Gasteiger partial charge >= 0.3 is 0 Å². The molecule has 1 aromatic carbocycles. The van der Waals surface area contributed by atoms with E-state index in [1.54, 1.807) is 23.1 Å². The first-order valence-electron chi connectivity index (χ1n) is 5.17. The van der Waals surface area contributed by atoms with Crippen molar-refractivity contribution in [3.05, 3.63) is 23.2 Å². The van der Waals surface area contributed by atoms with E-state index in [-0.39, 0.29) is 11.8 Å². The van der Waals surface area contributed by atoms with Crippen LogP contribution in [-0.4, -0.2) is 19.0 Å². The molecular formula is C11H14ClN3O. The Morgan fingerprint density at radius 1 is 1.50 bits per heavy atom. The third-order valence-corrected chi connectivity index (χ3v) is 3.06. The molecule has 1 heterocycles. The van der Waals surface area contributed by atoms with E-state index in [1.165, 1.54) is 0 Å². The number of carbonyl (C=O) groups is 1. The molecular weight excluding hydrogens is 226 g/mol. The van der Waals surface area contributed by atoms with E-state index in [0.29, 0.717) is 35.9 Å². The van der Waals surface area contributed by atoms with Gasteiger partial charge in [-0.25, -0.2) is 0 Å². The molecule has 1 aliphatic heterocycles. The molecule has 0 aromatic heterocycles. The minimum atomic E-state index is 0.0596. The number of amides is 1. The number of hydrogen-bond acceptors (Lipinski definition) is 3. The Hall–Kier alpha value is -1.26. The zero-order valence-corrected chi connectivity index (χ0v) is 9.57. The molecule has 1 amide bonds. The minimum absolute atomic E-state index is 0.0596. The van der Waals surface area contributed by atoms with Crippen molar-refractivity contribution < 1.29 is 4.79 Å². The van der Waals surface area contributed by atoms with Gasteiger partial charge in [0, 0.05) is 18.0 Å². The number of benzene rings is 1. The van der Waals surface area contributed by atoms with Crippen LogP contribution in [0.4, 0.5) is 11.4 Å². The Morgan fingerprint density at radius 2 is 2.25 bits per heavy atom. The normalized spacial score (nSPS) is 20.5. The van der Waals surface area contributed by atoms with Crippen LogP contribution in [0.2, 0.25) is 5.02 Å². The molecule has 0 bridgehead atoms. The highest BCUT2D eigenvalue weighted by molar-refractivity contribution is 6.31. The minimum Gasteiger partial charge on any atom is -0.397 e. The number of hydrogen-bond donors (Lipinski definition) is 2. The fraction of sp³-hybridized carbons (Fsp3) is 0.364. The molecule has 1 saturated heterocycles. The predicted octanol–water partition coefficient (Wildman–Crippen LogP) is 1.23. The van der Waals surface area contributed by atoms with Gasteiger partial charge in [0.15, 0.2) is 0 Å². The Morgan fingerprint density at radius 3 is 2.88 bits per heavy atom. The summed E-state index contributed by atoms with van der Waals surface area (Å²) in [6, 6.07) is 5.13. The van der Waals surface area contributed by atoms with Gasteiger partial charge in [0.25, 0.3) is 0 Å². The summed E-state index contributed by atoms with van der Waals surface area (Å²) in [6.45, 7) is 1.14. The van der Waals surface area contributed by atoms with Crippen LogP contribution in [0.1, 0.15) is 6.42 Å². The summed E-state index contributed by atoms with van der Waals surface area (Å²) in [5.41, 5.74) is 12.7. The number of nitrogen functional groups attached to an aromatic ring is 1. The monoisotopic (exact) mass is 239 g/mol. The van der Waals surface area contributed by atoms with Crippen molar-refractivity contribution in [2.75, 3.05) is 23.7 Å². The van der Waals surface area contributed by atoms with Crippen molar-refractivity contribution in [2.45, 2.75) is 6.42 Å². The average Bonchev–Trinajstić information content (AvgIpc) is 2.63. The summed E-state index contributed by atoms with van der Waals surface area (Å²) < 4.78 is 0. The summed E-state index contributed by atoms with van der Waals surface area (Å²) in [6.07, 6.45) is 0.489. The second-order valence-electron chi connectivity index (χ2n) is 4.01. The molecule has 2 rings (SSSR count). The second-order valence-corrected chi connectivity index (χ2v) is 4.45. The maximum atomic E-state index is 11.8. The van der Waals surface area contributed by atoms with E-state index in [4.69, 9.17) is 23.1 Å². The van der Waals surface area contributed by atoms with Crippen LogP contribution >= 0.6 is 11.6 Å². The van der Waals surface area contributed by atoms with Crippen molar-refractivity contribution >= 4 is 28.9 Å². The molecule has 4 N–H and O–H groups in total. The van der Waals surface area contributed by atoms with E-state index in [1.807, 2.05) is 0 Å². The maximum absolute atomic E-state index is 11.8. The summed E-state index contributed by atoms with van der Waals surface area (Å²) in [5, 5.41) is 0.577. The van der Waals surface area contributed by atoms with Gasteiger partial charge in [-0.15, -0.1) is 0 Å². The average molecular weight is 240 g/mol. The van der Waals surface area contributed by atoms with Gasteiger partial charge in [-0.3, -0.25) is 4.79 Å². The van der Waals surface area contributed by atoms with E-state index in [0.717, 1.165) is 0 Å². The van der Waals surface area contributed by atoms with Crippen LogP contribution in [0.3, 0.4) is 0 Å². The zero-order valence-electron chi connectivity index (χ0n) is 8.82. The second kappa shape index (κ2) is 4.31.